The van der Waals surface area contributed by atoms with E-state index in [9.17, 15) is 8.42 Å². The highest BCUT2D eigenvalue weighted by atomic mass is 32.2. The molecule has 1 N–H and O–H groups in total. The molecule has 5 heteroatoms. The van der Waals surface area contributed by atoms with Crippen LogP contribution in [0.2, 0.25) is 0 Å². The van der Waals surface area contributed by atoms with Crippen molar-refractivity contribution in [3.63, 3.8) is 0 Å². The highest BCUT2D eigenvalue weighted by molar-refractivity contribution is 7.91. The number of aromatic nitrogens is 1. The van der Waals surface area contributed by atoms with Crippen LogP contribution in [0.25, 0.3) is 0 Å². The van der Waals surface area contributed by atoms with Crippen LogP contribution < -0.4 is 5.32 Å². The number of sulfone groups is 1. The van der Waals surface area contributed by atoms with E-state index in [1.807, 2.05) is 29.8 Å². The molecule has 18 heavy (non-hydrogen) atoms. The lowest BCUT2D eigenvalue weighted by Crippen LogP contribution is -2.22. The average Bonchev–Trinajstić information content (AvgIpc) is 2.75. The molecule has 0 saturated carbocycles. The topological polar surface area (TPSA) is 51.1 Å². The van der Waals surface area contributed by atoms with Crippen molar-refractivity contribution < 1.29 is 8.42 Å². The Kier molecular flexibility index (Phi) is 5.88. The normalized spacial score (nSPS) is 13.7. The minimum atomic E-state index is -2.90. The van der Waals surface area contributed by atoms with Crippen molar-refractivity contribution in [1.29, 1.82) is 0 Å². The summed E-state index contributed by atoms with van der Waals surface area (Å²) in [5.41, 5.74) is 1.14. The van der Waals surface area contributed by atoms with E-state index in [4.69, 9.17) is 0 Å². The molecule has 104 valence electrons. The van der Waals surface area contributed by atoms with Crippen molar-refractivity contribution in [2.75, 3.05) is 18.1 Å². The number of nitrogens with zero attached hydrogens (tertiary/aromatic N) is 1. The first-order valence-corrected chi connectivity index (χ1v) is 8.41. The van der Waals surface area contributed by atoms with Gasteiger partial charge in [-0.3, -0.25) is 0 Å². The minimum Gasteiger partial charge on any atom is -0.349 e. The maximum Gasteiger partial charge on any atom is 0.152 e. The lowest BCUT2D eigenvalue weighted by Gasteiger charge is -2.16. The molecule has 0 aliphatic rings. The second kappa shape index (κ2) is 6.95. The molecule has 1 unspecified atom stereocenters. The molecule has 0 radical (unpaired) electrons. The van der Waals surface area contributed by atoms with E-state index in [-0.39, 0.29) is 17.5 Å². The second-order valence-corrected chi connectivity index (χ2v) is 6.86. The maximum absolute atomic E-state index is 11.7. The van der Waals surface area contributed by atoms with Crippen LogP contribution in [0.4, 0.5) is 0 Å². The highest BCUT2D eigenvalue weighted by Crippen LogP contribution is 2.13. The van der Waals surface area contributed by atoms with Gasteiger partial charge in [0.2, 0.25) is 0 Å². The molecular formula is C13H24N2O2S. The quantitative estimate of drug-likeness (QED) is 0.787. The van der Waals surface area contributed by atoms with Crippen molar-refractivity contribution in [3.8, 4) is 0 Å². The van der Waals surface area contributed by atoms with Crippen LogP contribution in [0, 0.1) is 0 Å². The van der Waals surface area contributed by atoms with E-state index in [2.05, 4.69) is 19.2 Å². The van der Waals surface area contributed by atoms with Crippen LogP contribution in [0.15, 0.2) is 18.3 Å². The minimum absolute atomic E-state index is 0.224. The van der Waals surface area contributed by atoms with Crippen LogP contribution in [-0.2, 0) is 16.4 Å². The summed E-state index contributed by atoms with van der Waals surface area (Å²) in [7, 11) is -2.90. The van der Waals surface area contributed by atoms with Gasteiger partial charge in [-0.15, -0.1) is 0 Å². The zero-order valence-electron chi connectivity index (χ0n) is 11.5. The third-order valence-corrected chi connectivity index (χ3v) is 4.81. The second-order valence-electron chi connectivity index (χ2n) is 4.56. The van der Waals surface area contributed by atoms with E-state index in [0.29, 0.717) is 13.0 Å². The summed E-state index contributed by atoms with van der Waals surface area (Å²) in [6, 6.07) is 4.26. The molecule has 0 bridgehead atoms. The first-order valence-electron chi connectivity index (χ1n) is 6.59. The van der Waals surface area contributed by atoms with Gasteiger partial charge in [-0.25, -0.2) is 8.42 Å². The van der Waals surface area contributed by atoms with Gasteiger partial charge in [0.25, 0.3) is 0 Å². The van der Waals surface area contributed by atoms with Crippen molar-refractivity contribution >= 4 is 9.84 Å². The van der Waals surface area contributed by atoms with Gasteiger partial charge < -0.3 is 9.88 Å². The average molecular weight is 272 g/mol. The third kappa shape index (κ3) is 4.46. The Balaban J connectivity index is 2.66. The highest BCUT2D eigenvalue weighted by Gasteiger charge is 2.13. The van der Waals surface area contributed by atoms with E-state index < -0.39 is 9.84 Å². The van der Waals surface area contributed by atoms with E-state index in [1.54, 1.807) is 0 Å². The smallest absolute Gasteiger partial charge is 0.152 e. The maximum atomic E-state index is 11.7. The van der Waals surface area contributed by atoms with E-state index >= 15 is 0 Å². The van der Waals surface area contributed by atoms with Crippen LogP contribution in [0.1, 0.15) is 38.9 Å². The fourth-order valence-corrected chi connectivity index (χ4v) is 3.39. The van der Waals surface area contributed by atoms with Crippen molar-refractivity contribution in [3.05, 3.63) is 24.0 Å². The van der Waals surface area contributed by atoms with E-state index in [1.165, 1.54) is 0 Å². The molecule has 1 heterocycles. The number of hydrogen-bond donors (Lipinski definition) is 1. The van der Waals surface area contributed by atoms with Crippen LogP contribution in [0.3, 0.4) is 0 Å². The summed E-state index contributed by atoms with van der Waals surface area (Å²) in [6.45, 7) is 7.50. The Hall–Kier alpha value is -0.810. The third-order valence-electron chi connectivity index (χ3n) is 2.98. The monoisotopic (exact) mass is 272 g/mol. The Bertz CT molecular complexity index is 451. The number of rotatable bonds is 8. The molecular weight excluding hydrogens is 248 g/mol. The van der Waals surface area contributed by atoms with Crippen LogP contribution >= 0.6 is 0 Å². The molecule has 1 aromatic heterocycles. The van der Waals surface area contributed by atoms with Crippen LogP contribution in [-0.4, -0.2) is 31.0 Å². The van der Waals surface area contributed by atoms with Gasteiger partial charge in [0, 0.05) is 30.2 Å². The Labute approximate surface area is 110 Å². The molecule has 0 fully saturated rings. The summed E-state index contributed by atoms with van der Waals surface area (Å²) in [4.78, 5) is 0. The molecule has 0 aliphatic carbocycles. The van der Waals surface area contributed by atoms with Gasteiger partial charge in [-0.1, -0.05) is 13.8 Å². The zero-order chi connectivity index (χ0) is 13.6. The van der Waals surface area contributed by atoms with E-state index in [0.717, 1.165) is 12.2 Å². The lowest BCUT2D eigenvalue weighted by atomic mass is 10.2. The first kappa shape index (κ1) is 15.2. The van der Waals surface area contributed by atoms with Crippen molar-refractivity contribution in [2.24, 2.45) is 0 Å². The summed E-state index contributed by atoms with van der Waals surface area (Å²) >= 11 is 0. The number of hydrogen-bond acceptors (Lipinski definition) is 3. The van der Waals surface area contributed by atoms with Crippen molar-refractivity contribution in [1.82, 2.24) is 9.88 Å². The SMILES string of the molecule is CCCS(=O)(=O)CCn1cccc1C(C)NCC. The van der Waals surface area contributed by atoms with Gasteiger partial charge in [0.15, 0.2) is 9.84 Å². The Morgan fingerprint density at radius 1 is 1.33 bits per heavy atom. The van der Waals surface area contributed by atoms with Crippen molar-refractivity contribution in [2.45, 2.75) is 39.8 Å². The van der Waals surface area contributed by atoms with Gasteiger partial charge in [-0.05, 0) is 32.0 Å². The molecule has 0 aromatic carbocycles. The first-order chi connectivity index (χ1) is 8.50. The summed E-state index contributed by atoms with van der Waals surface area (Å²) in [5, 5.41) is 3.34. The van der Waals surface area contributed by atoms with Gasteiger partial charge in [0.05, 0.1) is 5.75 Å². The standard InChI is InChI=1S/C13H24N2O2S/c1-4-10-18(16,17)11-9-15-8-6-7-13(15)12(3)14-5-2/h6-8,12,14H,4-5,9-11H2,1-3H3. The fraction of sp³-hybridized carbons (Fsp3) is 0.692. The van der Waals surface area contributed by atoms with Gasteiger partial charge in [0.1, 0.15) is 0 Å². The largest absolute Gasteiger partial charge is 0.349 e. The molecule has 0 amide bonds. The molecule has 0 aliphatic heterocycles. The Morgan fingerprint density at radius 3 is 2.67 bits per heavy atom. The molecule has 0 spiro atoms. The molecule has 1 rings (SSSR count). The van der Waals surface area contributed by atoms with Crippen LogP contribution in [0.5, 0.6) is 0 Å². The predicted molar refractivity (Wildman–Crippen MR) is 75.5 cm³/mol. The molecule has 1 atom stereocenters. The fourth-order valence-electron chi connectivity index (χ4n) is 2.09. The number of nitrogens with one attached hydrogen (secondary N) is 1. The molecule has 1 aromatic rings. The number of aryl methyl sites for hydroxylation is 1. The summed E-state index contributed by atoms with van der Waals surface area (Å²) < 4.78 is 25.4. The molecule has 0 saturated heterocycles. The zero-order valence-corrected chi connectivity index (χ0v) is 12.3. The Morgan fingerprint density at radius 2 is 2.06 bits per heavy atom. The van der Waals surface area contributed by atoms with Gasteiger partial charge in [-0.2, -0.15) is 0 Å². The molecule has 4 nitrogen and oxygen atoms in total. The lowest BCUT2D eigenvalue weighted by molar-refractivity contribution is 0.543. The predicted octanol–water partition coefficient (Wildman–Crippen LogP) is 1.98. The van der Waals surface area contributed by atoms with Gasteiger partial charge >= 0.3 is 0 Å². The summed E-state index contributed by atoms with van der Waals surface area (Å²) in [6.07, 6.45) is 2.64. The summed E-state index contributed by atoms with van der Waals surface area (Å²) in [5.74, 6) is 0.508.